The van der Waals surface area contributed by atoms with Crippen LogP contribution in [0.25, 0.3) is 0 Å². The number of ketones is 1. The van der Waals surface area contributed by atoms with Crippen molar-refractivity contribution in [3.63, 3.8) is 0 Å². The maximum atomic E-state index is 13.5. The average Bonchev–Trinajstić information content (AvgIpc) is 3.17. The number of aliphatic hydroxyl groups is 1. The summed E-state index contributed by atoms with van der Waals surface area (Å²) in [7, 11) is 1.53. The van der Waals surface area contributed by atoms with Gasteiger partial charge in [0.15, 0.2) is 23.0 Å². The SMILES string of the molecule is COc1ccccc1C1C(C(=O)CCc2ccccc2)=C(O)C(=O)N1c1ccc2c(c1)OCCO2. The van der Waals surface area contributed by atoms with Crippen LogP contribution >= 0.6 is 0 Å². The summed E-state index contributed by atoms with van der Waals surface area (Å²) in [6.45, 7) is 0.842. The molecule has 7 nitrogen and oxygen atoms in total. The highest BCUT2D eigenvalue weighted by Gasteiger charge is 2.45. The van der Waals surface area contributed by atoms with Crippen molar-refractivity contribution < 1.29 is 28.9 Å². The number of carbonyl (C=O) groups excluding carboxylic acids is 2. The molecule has 0 radical (unpaired) electrons. The second-order valence-corrected chi connectivity index (χ2v) is 8.32. The molecule has 5 rings (SSSR count). The Balaban J connectivity index is 1.56. The van der Waals surface area contributed by atoms with Gasteiger partial charge in [0, 0.05) is 23.7 Å². The number of aryl methyl sites for hydroxylation is 1. The molecule has 0 spiro atoms. The minimum atomic E-state index is -0.857. The lowest BCUT2D eigenvalue weighted by atomic mass is 9.92. The van der Waals surface area contributed by atoms with Crippen molar-refractivity contribution in [2.24, 2.45) is 0 Å². The Bertz CT molecular complexity index is 1300. The number of Topliss-reactive ketones (excluding diaryl/α,β-unsaturated/α-hetero) is 1. The van der Waals surface area contributed by atoms with Gasteiger partial charge in [0.05, 0.1) is 18.7 Å². The largest absolute Gasteiger partial charge is 0.503 e. The van der Waals surface area contributed by atoms with Crippen LogP contribution in [0.4, 0.5) is 5.69 Å². The van der Waals surface area contributed by atoms with Crippen molar-refractivity contribution in [3.05, 3.63) is 95.3 Å². The van der Waals surface area contributed by atoms with E-state index in [-0.39, 0.29) is 17.8 Å². The molecule has 3 aromatic carbocycles. The zero-order chi connectivity index (χ0) is 24.4. The Morgan fingerprint density at radius 1 is 1.00 bits per heavy atom. The fourth-order valence-corrected chi connectivity index (χ4v) is 4.56. The molecule has 1 N–H and O–H groups in total. The van der Waals surface area contributed by atoms with Gasteiger partial charge in [-0.05, 0) is 30.2 Å². The fourth-order valence-electron chi connectivity index (χ4n) is 4.56. The average molecular weight is 472 g/mol. The molecule has 0 bridgehead atoms. The molecule has 0 aromatic heterocycles. The Morgan fingerprint density at radius 3 is 2.49 bits per heavy atom. The van der Waals surface area contributed by atoms with Crippen molar-refractivity contribution in [2.75, 3.05) is 25.2 Å². The van der Waals surface area contributed by atoms with Crippen LogP contribution in [0.2, 0.25) is 0 Å². The van der Waals surface area contributed by atoms with Gasteiger partial charge < -0.3 is 19.3 Å². The van der Waals surface area contributed by atoms with E-state index in [0.717, 1.165) is 5.56 Å². The molecule has 0 fully saturated rings. The van der Waals surface area contributed by atoms with E-state index < -0.39 is 17.7 Å². The Kier molecular flexibility index (Phi) is 6.14. The first-order valence-corrected chi connectivity index (χ1v) is 11.4. The van der Waals surface area contributed by atoms with Gasteiger partial charge in [-0.15, -0.1) is 0 Å². The molecule has 2 heterocycles. The van der Waals surface area contributed by atoms with Gasteiger partial charge in [0.2, 0.25) is 0 Å². The molecule has 0 saturated carbocycles. The van der Waals surface area contributed by atoms with Crippen LogP contribution in [0.15, 0.2) is 84.1 Å². The summed E-state index contributed by atoms with van der Waals surface area (Å²) in [5, 5.41) is 11.0. The van der Waals surface area contributed by atoms with Crippen LogP contribution in [-0.2, 0) is 16.0 Å². The highest BCUT2D eigenvalue weighted by Crippen LogP contribution is 2.46. The quantitative estimate of drug-likeness (QED) is 0.544. The minimum Gasteiger partial charge on any atom is -0.503 e. The van der Waals surface area contributed by atoms with Crippen molar-refractivity contribution in [1.29, 1.82) is 0 Å². The van der Waals surface area contributed by atoms with Crippen molar-refractivity contribution in [2.45, 2.75) is 18.9 Å². The normalized spacial score (nSPS) is 17.0. The molecule has 2 aliphatic rings. The second kappa shape index (κ2) is 9.54. The van der Waals surface area contributed by atoms with Crippen LogP contribution in [-0.4, -0.2) is 37.1 Å². The van der Waals surface area contributed by atoms with Gasteiger partial charge in [-0.1, -0.05) is 48.5 Å². The summed E-state index contributed by atoms with van der Waals surface area (Å²) < 4.78 is 16.9. The lowest BCUT2D eigenvalue weighted by molar-refractivity contribution is -0.118. The predicted molar refractivity (Wildman–Crippen MR) is 130 cm³/mol. The van der Waals surface area contributed by atoms with Crippen LogP contribution in [0.1, 0.15) is 23.6 Å². The molecule has 7 heteroatoms. The number of fused-ring (bicyclic) bond motifs is 1. The first-order valence-electron chi connectivity index (χ1n) is 11.4. The number of nitrogens with zero attached hydrogens (tertiary/aromatic N) is 1. The number of aliphatic hydroxyl groups excluding tert-OH is 1. The van der Waals surface area contributed by atoms with Crippen LogP contribution in [0, 0.1) is 0 Å². The van der Waals surface area contributed by atoms with E-state index in [9.17, 15) is 14.7 Å². The van der Waals surface area contributed by atoms with E-state index in [2.05, 4.69) is 0 Å². The lowest BCUT2D eigenvalue weighted by Gasteiger charge is -2.29. The number of para-hydroxylation sites is 1. The van der Waals surface area contributed by atoms with Crippen molar-refractivity contribution in [3.8, 4) is 17.2 Å². The van der Waals surface area contributed by atoms with Crippen LogP contribution in [0.3, 0.4) is 0 Å². The van der Waals surface area contributed by atoms with Gasteiger partial charge in [-0.3, -0.25) is 14.5 Å². The zero-order valence-electron chi connectivity index (χ0n) is 19.3. The van der Waals surface area contributed by atoms with Gasteiger partial charge in [0.25, 0.3) is 5.91 Å². The summed E-state index contributed by atoms with van der Waals surface area (Å²) in [5.74, 6) is 0.0987. The molecule has 1 unspecified atom stereocenters. The summed E-state index contributed by atoms with van der Waals surface area (Å²) in [5.41, 5.74) is 2.14. The number of hydrogen-bond acceptors (Lipinski definition) is 6. The number of hydrogen-bond donors (Lipinski definition) is 1. The maximum Gasteiger partial charge on any atom is 0.294 e. The van der Waals surface area contributed by atoms with Gasteiger partial charge in [-0.25, -0.2) is 0 Å². The van der Waals surface area contributed by atoms with Gasteiger partial charge in [-0.2, -0.15) is 0 Å². The smallest absolute Gasteiger partial charge is 0.294 e. The monoisotopic (exact) mass is 471 g/mol. The first kappa shape index (κ1) is 22.5. The molecule has 35 heavy (non-hydrogen) atoms. The maximum absolute atomic E-state index is 13.5. The van der Waals surface area contributed by atoms with E-state index >= 15 is 0 Å². The third-order valence-corrected chi connectivity index (χ3v) is 6.23. The van der Waals surface area contributed by atoms with E-state index in [1.807, 2.05) is 42.5 Å². The first-order chi connectivity index (χ1) is 17.1. The molecule has 0 aliphatic carbocycles. The van der Waals surface area contributed by atoms with E-state index in [4.69, 9.17) is 14.2 Å². The number of benzene rings is 3. The standard InChI is InChI=1S/C28H25NO6/c1-33-22-10-6-5-9-20(22)26-25(21(30)13-11-18-7-3-2-4-8-18)27(31)28(32)29(26)19-12-14-23-24(17-19)35-16-15-34-23/h2-10,12,14,17,26,31H,11,13,15-16H2,1H3. The summed E-state index contributed by atoms with van der Waals surface area (Å²) in [6.07, 6.45) is 0.643. The van der Waals surface area contributed by atoms with Crippen molar-refractivity contribution in [1.82, 2.24) is 0 Å². The fraction of sp³-hybridized carbons (Fsp3) is 0.214. The topological polar surface area (TPSA) is 85.3 Å². The van der Waals surface area contributed by atoms with E-state index in [1.54, 1.807) is 30.3 Å². The third kappa shape index (κ3) is 4.21. The lowest BCUT2D eigenvalue weighted by Crippen LogP contribution is -2.31. The van der Waals surface area contributed by atoms with Crippen LogP contribution in [0.5, 0.6) is 17.2 Å². The molecular weight excluding hydrogens is 446 g/mol. The molecule has 3 aromatic rings. The highest BCUT2D eigenvalue weighted by atomic mass is 16.6. The van der Waals surface area contributed by atoms with E-state index in [1.165, 1.54) is 12.0 Å². The van der Waals surface area contributed by atoms with E-state index in [0.29, 0.717) is 48.1 Å². The summed E-state index contributed by atoms with van der Waals surface area (Å²) in [6, 6.07) is 21.1. The number of anilines is 1. The number of rotatable bonds is 7. The van der Waals surface area contributed by atoms with Crippen LogP contribution < -0.4 is 19.1 Å². The number of ether oxygens (including phenoxy) is 3. The predicted octanol–water partition coefficient (Wildman–Crippen LogP) is 4.57. The third-order valence-electron chi connectivity index (χ3n) is 6.23. The number of amides is 1. The molecular formula is C28H25NO6. The van der Waals surface area contributed by atoms with Gasteiger partial charge >= 0.3 is 0 Å². The molecule has 1 atom stereocenters. The molecule has 2 aliphatic heterocycles. The Hall–Kier alpha value is -4.26. The molecule has 178 valence electrons. The van der Waals surface area contributed by atoms with Crippen molar-refractivity contribution >= 4 is 17.4 Å². The summed E-state index contributed by atoms with van der Waals surface area (Å²) in [4.78, 5) is 28.3. The molecule has 0 saturated heterocycles. The summed E-state index contributed by atoms with van der Waals surface area (Å²) >= 11 is 0. The number of methoxy groups -OCH3 is 1. The Morgan fingerprint density at radius 2 is 1.71 bits per heavy atom. The number of carbonyl (C=O) groups is 2. The second-order valence-electron chi connectivity index (χ2n) is 8.32. The molecule has 1 amide bonds. The minimum absolute atomic E-state index is 0.0605. The zero-order valence-corrected chi connectivity index (χ0v) is 19.3. The van der Waals surface area contributed by atoms with Gasteiger partial charge in [0.1, 0.15) is 19.0 Å². The highest BCUT2D eigenvalue weighted by molar-refractivity contribution is 6.16. The Labute approximate surface area is 203 Å².